The Bertz CT molecular complexity index is 596. The van der Waals surface area contributed by atoms with Crippen molar-refractivity contribution in [3.63, 3.8) is 0 Å². The summed E-state index contributed by atoms with van der Waals surface area (Å²) in [5.41, 5.74) is 0.374. The Hall–Kier alpha value is -2.21. The summed E-state index contributed by atoms with van der Waals surface area (Å²) in [6.07, 6.45) is 3.86. The van der Waals surface area contributed by atoms with Crippen molar-refractivity contribution >= 4 is 23.4 Å². The maximum atomic E-state index is 13.7. The fourth-order valence-electron chi connectivity index (χ4n) is 1.43. The summed E-state index contributed by atoms with van der Waals surface area (Å²) in [4.78, 5) is 14.5. The molecule has 0 amide bonds. The van der Waals surface area contributed by atoms with Crippen molar-refractivity contribution in [1.29, 1.82) is 0 Å². The minimum Gasteiger partial charge on any atom is -0.483 e. The molecule has 0 unspecified atom stereocenters. The molecule has 19 heavy (non-hydrogen) atoms. The molecule has 0 radical (unpaired) electrons. The Labute approximate surface area is 112 Å². The number of para-hydroxylation sites is 1. The molecule has 0 bridgehead atoms. The number of carbonyl (C=O) groups is 1. The zero-order chi connectivity index (χ0) is 13.7. The van der Waals surface area contributed by atoms with E-state index in [1.54, 1.807) is 17.6 Å². The van der Waals surface area contributed by atoms with E-state index in [0.29, 0.717) is 5.56 Å². The lowest BCUT2D eigenvalue weighted by Gasteiger charge is -2.08. The molecule has 98 valence electrons. The van der Waals surface area contributed by atoms with Crippen molar-refractivity contribution in [1.82, 2.24) is 4.98 Å². The molecule has 0 spiro atoms. The Morgan fingerprint density at radius 1 is 1.53 bits per heavy atom. The summed E-state index contributed by atoms with van der Waals surface area (Å²) in [5, 5.41) is 11.1. The van der Waals surface area contributed by atoms with E-state index in [2.05, 4.69) is 4.98 Å². The van der Waals surface area contributed by atoms with Crippen LogP contribution in [0.5, 0.6) is 5.75 Å². The normalized spacial score (nSPS) is 10.8. The molecule has 1 aromatic heterocycles. The maximum absolute atomic E-state index is 13.7. The van der Waals surface area contributed by atoms with Gasteiger partial charge in [-0.1, -0.05) is 12.1 Å². The third-order valence-electron chi connectivity index (χ3n) is 2.23. The van der Waals surface area contributed by atoms with Gasteiger partial charge in [-0.15, -0.1) is 11.3 Å². The highest BCUT2D eigenvalue weighted by molar-refractivity contribution is 7.09. The lowest BCUT2D eigenvalue weighted by molar-refractivity contribution is -0.131. The molecule has 0 aliphatic rings. The Morgan fingerprint density at radius 2 is 2.37 bits per heavy atom. The molecule has 0 aliphatic carbocycles. The molecule has 6 heteroatoms. The molecular weight excluding hydrogens is 269 g/mol. The van der Waals surface area contributed by atoms with E-state index in [0.717, 1.165) is 11.1 Å². The van der Waals surface area contributed by atoms with Gasteiger partial charge in [0.1, 0.15) is 11.6 Å². The molecule has 0 atom stereocenters. The number of aromatic nitrogens is 1. The van der Waals surface area contributed by atoms with E-state index >= 15 is 0 Å². The molecule has 0 aliphatic heterocycles. The number of nitrogens with zero attached hydrogens (tertiary/aromatic N) is 1. The molecule has 2 rings (SSSR count). The summed E-state index contributed by atoms with van der Waals surface area (Å²) in [6, 6.07) is 4.34. The maximum Gasteiger partial charge on any atom is 0.328 e. The number of halogens is 1. The number of hydrogen-bond acceptors (Lipinski definition) is 4. The van der Waals surface area contributed by atoms with Crippen molar-refractivity contribution in [2.75, 3.05) is 0 Å². The second-order valence-electron chi connectivity index (χ2n) is 3.54. The van der Waals surface area contributed by atoms with E-state index < -0.39 is 11.8 Å². The zero-order valence-corrected chi connectivity index (χ0v) is 10.6. The summed E-state index contributed by atoms with van der Waals surface area (Å²) in [7, 11) is 0. The minimum absolute atomic E-state index is 0.0233. The number of ether oxygens (including phenoxy) is 1. The minimum atomic E-state index is -1.10. The van der Waals surface area contributed by atoms with Gasteiger partial charge in [-0.3, -0.25) is 0 Å². The number of carboxylic acid groups (broad SMARTS) is 1. The van der Waals surface area contributed by atoms with E-state index in [4.69, 9.17) is 9.84 Å². The Morgan fingerprint density at radius 3 is 3.05 bits per heavy atom. The highest BCUT2D eigenvalue weighted by Crippen LogP contribution is 2.25. The van der Waals surface area contributed by atoms with Crippen LogP contribution in [-0.4, -0.2) is 16.1 Å². The van der Waals surface area contributed by atoms with Crippen molar-refractivity contribution < 1.29 is 19.0 Å². The molecule has 2 aromatic rings. The summed E-state index contributed by atoms with van der Waals surface area (Å²) < 4.78 is 19.1. The fraction of sp³-hybridized carbons (Fsp3) is 0.0769. The van der Waals surface area contributed by atoms with Gasteiger partial charge in [0.15, 0.2) is 11.6 Å². The van der Waals surface area contributed by atoms with Crippen molar-refractivity contribution in [2.24, 2.45) is 0 Å². The number of aliphatic carboxylic acids is 1. The molecule has 1 N–H and O–H groups in total. The highest BCUT2D eigenvalue weighted by atomic mass is 32.1. The van der Waals surface area contributed by atoms with Gasteiger partial charge in [0, 0.05) is 23.2 Å². The predicted octanol–water partition coefficient (Wildman–Crippen LogP) is 2.96. The number of rotatable bonds is 5. The van der Waals surface area contributed by atoms with Gasteiger partial charge in [0.2, 0.25) is 0 Å². The first-order chi connectivity index (χ1) is 9.16. The summed E-state index contributed by atoms with van der Waals surface area (Å²) in [6.45, 7) is 0.145. The standard InChI is InChI=1S/C13H10FNO3S/c14-10-3-1-2-9(4-5-12(16)17)13(10)18-8-11-15-6-7-19-11/h1-7H,8H2,(H,16,17)/b5-4+. The number of thiazole rings is 1. The van der Waals surface area contributed by atoms with Crippen LogP contribution in [-0.2, 0) is 11.4 Å². The van der Waals surface area contributed by atoms with Crippen LogP contribution in [0.2, 0.25) is 0 Å². The smallest absolute Gasteiger partial charge is 0.328 e. The van der Waals surface area contributed by atoms with Gasteiger partial charge in [0.25, 0.3) is 0 Å². The first-order valence-corrected chi connectivity index (χ1v) is 6.25. The second-order valence-corrected chi connectivity index (χ2v) is 4.52. The summed E-state index contributed by atoms with van der Waals surface area (Å²) in [5.74, 6) is -1.62. The number of carboxylic acids is 1. The first kappa shape index (κ1) is 13.2. The van der Waals surface area contributed by atoms with Gasteiger partial charge in [-0.25, -0.2) is 14.2 Å². The predicted molar refractivity (Wildman–Crippen MR) is 69.5 cm³/mol. The van der Waals surface area contributed by atoms with Crippen molar-refractivity contribution in [3.05, 3.63) is 52.2 Å². The van der Waals surface area contributed by atoms with Crippen LogP contribution in [0.15, 0.2) is 35.9 Å². The van der Waals surface area contributed by atoms with Gasteiger partial charge in [-0.2, -0.15) is 0 Å². The van der Waals surface area contributed by atoms with Crippen molar-refractivity contribution in [2.45, 2.75) is 6.61 Å². The third-order valence-corrected chi connectivity index (χ3v) is 2.98. The average Bonchev–Trinajstić information content (AvgIpc) is 2.88. The van der Waals surface area contributed by atoms with Gasteiger partial charge < -0.3 is 9.84 Å². The summed E-state index contributed by atoms with van der Waals surface area (Å²) >= 11 is 1.40. The van der Waals surface area contributed by atoms with Crippen LogP contribution in [0.3, 0.4) is 0 Å². The highest BCUT2D eigenvalue weighted by Gasteiger charge is 2.09. The largest absolute Gasteiger partial charge is 0.483 e. The Kier molecular flexibility index (Phi) is 4.25. The van der Waals surface area contributed by atoms with Crippen LogP contribution < -0.4 is 4.74 Å². The quantitative estimate of drug-likeness (QED) is 0.855. The van der Waals surface area contributed by atoms with Crippen LogP contribution >= 0.6 is 11.3 Å². The van der Waals surface area contributed by atoms with E-state index in [1.165, 1.54) is 29.5 Å². The lowest BCUT2D eigenvalue weighted by atomic mass is 10.2. The first-order valence-electron chi connectivity index (χ1n) is 5.37. The number of hydrogen-bond donors (Lipinski definition) is 1. The van der Waals surface area contributed by atoms with Crippen LogP contribution in [0.4, 0.5) is 4.39 Å². The van der Waals surface area contributed by atoms with E-state index in [1.807, 2.05) is 0 Å². The third kappa shape index (κ3) is 3.62. The average molecular weight is 279 g/mol. The van der Waals surface area contributed by atoms with Gasteiger partial charge >= 0.3 is 5.97 Å². The second kappa shape index (κ2) is 6.10. The van der Waals surface area contributed by atoms with Crippen LogP contribution in [0.25, 0.3) is 6.08 Å². The van der Waals surface area contributed by atoms with Crippen LogP contribution in [0, 0.1) is 5.82 Å². The number of benzene rings is 1. The lowest BCUT2D eigenvalue weighted by Crippen LogP contribution is -1.99. The Balaban J connectivity index is 2.20. The molecular formula is C13H10FNO3S. The fourth-order valence-corrected chi connectivity index (χ4v) is 1.96. The topological polar surface area (TPSA) is 59.4 Å². The molecule has 0 saturated heterocycles. The van der Waals surface area contributed by atoms with Crippen molar-refractivity contribution in [3.8, 4) is 5.75 Å². The van der Waals surface area contributed by atoms with E-state index in [9.17, 15) is 9.18 Å². The zero-order valence-electron chi connectivity index (χ0n) is 9.75. The molecule has 4 nitrogen and oxygen atoms in total. The van der Waals surface area contributed by atoms with Gasteiger partial charge in [-0.05, 0) is 12.1 Å². The molecule has 0 saturated carbocycles. The molecule has 1 heterocycles. The van der Waals surface area contributed by atoms with Gasteiger partial charge in [0.05, 0.1) is 0 Å². The molecule has 0 fully saturated rings. The molecule has 1 aromatic carbocycles. The van der Waals surface area contributed by atoms with E-state index in [-0.39, 0.29) is 12.4 Å². The van der Waals surface area contributed by atoms with Crippen LogP contribution in [0.1, 0.15) is 10.6 Å². The SMILES string of the molecule is O=C(O)/C=C/c1cccc(F)c1OCc1nccs1. The monoisotopic (exact) mass is 279 g/mol.